The summed E-state index contributed by atoms with van der Waals surface area (Å²) in [5.74, 6) is 1.05. The highest BCUT2D eigenvalue weighted by molar-refractivity contribution is 6.17. The summed E-state index contributed by atoms with van der Waals surface area (Å²) < 4.78 is 0. The zero-order valence-corrected chi connectivity index (χ0v) is 8.93. The van der Waals surface area contributed by atoms with E-state index < -0.39 is 0 Å². The Hall–Kier alpha value is -0.730. The molecule has 1 aromatic carbocycles. The van der Waals surface area contributed by atoms with Crippen molar-refractivity contribution in [1.29, 1.82) is 0 Å². The molecule has 14 heavy (non-hydrogen) atoms. The van der Waals surface area contributed by atoms with Crippen LogP contribution in [0.5, 0.6) is 5.75 Å². The van der Waals surface area contributed by atoms with E-state index in [2.05, 4.69) is 5.32 Å². The third kappa shape index (κ3) is 4.49. The molecule has 0 unspecified atom stereocenters. The Balaban J connectivity index is 2.15. The number of benzene rings is 1. The van der Waals surface area contributed by atoms with Crippen molar-refractivity contribution in [2.45, 2.75) is 19.4 Å². The molecule has 2 nitrogen and oxygen atoms in total. The standard InChI is InChI=1S/C11H16ClNO/c12-7-1-2-8-13-9-10-3-5-11(14)6-4-10/h3-6,13-14H,1-2,7-9H2. The minimum Gasteiger partial charge on any atom is -0.508 e. The molecule has 0 fully saturated rings. The van der Waals surface area contributed by atoms with E-state index in [0.29, 0.717) is 5.75 Å². The molecule has 0 saturated heterocycles. The van der Waals surface area contributed by atoms with Crippen molar-refractivity contribution in [1.82, 2.24) is 5.32 Å². The van der Waals surface area contributed by atoms with Gasteiger partial charge in [-0.1, -0.05) is 12.1 Å². The fourth-order valence-corrected chi connectivity index (χ4v) is 1.38. The van der Waals surface area contributed by atoms with Gasteiger partial charge in [-0.05, 0) is 37.1 Å². The SMILES string of the molecule is Oc1ccc(CNCCCCCl)cc1. The molecule has 1 aromatic rings. The van der Waals surface area contributed by atoms with Gasteiger partial charge in [-0.2, -0.15) is 0 Å². The van der Waals surface area contributed by atoms with E-state index in [1.54, 1.807) is 12.1 Å². The van der Waals surface area contributed by atoms with Gasteiger partial charge in [-0.3, -0.25) is 0 Å². The van der Waals surface area contributed by atoms with Gasteiger partial charge in [0.1, 0.15) is 5.75 Å². The third-order valence-corrected chi connectivity index (χ3v) is 2.27. The largest absolute Gasteiger partial charge is 0.508 e. The lowest BCUT2D eigenvalue weighted by molar-refractivity contribution is 0.475. The highest BCUT2D eigenvalue weighted by Gasteiger charge is 1.92. The number of aromatic hydroxyl groups is 1. The zero-order valence-electron chi connectivity index (χ0n) is 8.17. The topological polar surface area (TPSA) is 32.3 Å². The maximum Gasteiger partial charge on any atom is 0.115 e. The van der Waals surface area contributed by atoms with Gasteiger partial charge in [-0.15, -0.1) is 11.6 Å². The summed E-state index contributed by atoms with van der Waals surface area (Å²) in [5, 5.41) is 12.4. The fraction of sp³-hybridized carbons (Fsp3) is 0.455. The first-order valence-corrected chi connectivity index (χ1v) is 5.41. The van der Waals surface area contributed by atoms with Gasteiger partial charge in [0.2, 0.25) is 0 Å². The predicted octanol–water partition coefficient (Wildman–Crippen LogP) is 2.50. The highest BCUT2D eigenvalue weighted by Crippen LogP contribution is 2.09. The van der Waals surface area contributed by atoms with Gasteiger partial charge in [0, 0.05) is 12.4 Å². The van der Waals surface area contributed by atoms with E-state index in [1.165, 1.54) is 5.56 Å². The molecule has 0 heterocycles. The van der Waals surface area contributed by atoms with Crippen LogP contribution in [0.2, 0.25) is 0 Å². The quantitative estimate of drug-likeness (QED) is 0.562. The minimum absolute atomic E-state index is 0.316. The Morgan fingerprint density at radius 3 is 2.50 bits per heavy atom. The van der Waals surface area contributed by atoms with Crippen molar-refractivity contribution >= 4 is 11.6 Å². The van der Waals surface area contributed by atoms with Crippen molar-refractivity contribution in [3.63, 3.8) is 0 Å². The summed E-state index contributed by atoms with van der Waals surface area (Å²) in [4.78, 5) is 0. The third-order valence-electron chi connectivity index (χ3n) is 2.00. The van der Waals surface area contributed by atoms with Crippen molar-refractivity contribution < 1.29 is 5.11 Å². The molecular formula is C11H16ClNO. The van der Waals surface area contributed by atoms with E-state index in [1.807, 2.05) is 12.1 Å². The molecule has 0 aliphatic heterocycles. The first-order chi connectivity index (χ1) is 6.83. The highest BCUT2D eigenvalue weighted by atomic mass is 35.5. The Kier molecular flexibility index (Phi) is 5.42. The lowest BCUT2D eigenvalue weighted by Crippen LogP contribution is -2.14. The molecule has 2 N–H and O–H groups in total. The van der Waals surface area contributed by atoms with Crippen LogP contribution in [0, 0.1) is 0 Å². The predicted molar refractivity (Wildman–Crippen MR) is 59.8 cm³/mol. The summed E-state index contributed by atoms with van der Waals surface area (Å²) in [7, 11) is 0. The molecule has 0 aliphatic rings. The maximum absolute atomic E-state index is 9.06. The van der Waals surface area contributed by atoms with Gasteiger partial charge >= 0.3 is 0 Å². The van der Waals surface area contributed by atoms with Crippen molar-refractivity contribution in [3.05, 3.63) is 29.8 Å². The van der Waals surface area contributed by atoms with Crippen LogP contribution < -0.4 is 5.32 Å². The molecule has 0 radical (unpaired) electrons. The molecule has 0 bridgehead atoms. The Morgan fingerprint density at radius 2 is 1.86 bits per heavy atom. The number of unbranched alkanes of at least 4 members (excludes halogenated alkanes) is 1. The van der Waals surface area contributed by atoms with Crippen molar-refractivity contribution in [2.24, 2.45) is 0 Å². The first-order valence-electron chi connectivity index (χ1n) is 4.87. The van der Waals surface area contributed by atoms with Crippen LogP contribution in [0.1, 0.15) is 18.4 Å². The summed E-state index contributed by atoms with van der Waals surface area (Å²) in [5.41, 5.74) is 1.19. The van der Waals surface area contributed by atoms with Crippen molar-refractivity contribution in [3.8, 4) is 5.75 Å². The molecule has 1 rings (SSSR count). The van der Waals surface area contributed by atoms with E-state index >= 15 is 0 Å². The average molecular weight is 214 g/mol. The molecule has 0 saturated carbocycles. The van der Waals surface area contributed by atoms with Gasteiger partial charge in [0.25, 0.3) is 0 Å². The summed E-state index contributed by atoms with van der Waals surface area (Å²) in [6.07, 6.45) is 2.17. The van der Waals surface area contributed by atoms with E-state index in [9.17, 15) is 0 Å². The second-order valence-corrected chi connectivity index (χ2v) is 3.62. The molecule has 3 heteroatoms. The smallest absolute Gasteiger partial charge is 0.115 e. The number of rotatable bonds is 6. The molecule has 0 atom stereocenters. The van der Waals surface area contributed by atoms with Crippen LogP contribution >= 0.6 is 11.6 Å². The van der Waals surface area contributed by atoms with Crippen LogP contribution in [0.15, 0.2) is 24.3 Å². The van der Waals surface area contributed by atoms with Gasteiger partial charge in [0.05, 0.1) is 0 Å². The average Bonchev–Trinajstić information content (AvgIpc) is 2.21. The number of hydrogen-bond donors (Lipinski definition) is 2. The molecule has 78 valence electrons. The van der Waals surface area contributed by atoms with E-state index in [-0.39, 0.29) is 0 Å². The van der Waals surface area contributed by atoms with Crippen LogP contribution in [0.25, 0.3) is 0 Å². The zero-order chi connectivity index (χ0) is 10.2. The van der Waals surface area contributed by atoms with Crippen LogP contribution in [-0.4, -0.2) is 17.5 Å². The monoisotopic (exact) mass is 213 g/mol. The van der Waals surface area contributed by atoms with Crippen molar-refractivity contribution in [2.75, 3.05) is 12.4 Å². The molecule has 0 aliphatic carbocycles. The Bertz CT molecular complexity index is 248. The number of alkyl halides is 1. The number of hydrogen-bond acceptors (Lipinski definition) is 2. The molecule has 0 amide bonds. The van der Waals surface area contributed by atoms with Gasteiger partial charge in [0.15, 0.2) is 0 Å². The number of nitrogens with one attached hydrogen (secondary N) is 1. The molecule has 0 spiro atoms. The molecular weight excluding hydrogens is 198 g/mol. The fourth-order valence-electron chi connectivity index (χ4n) is 1.19. The van der Waals surface area contributed by atoms with Crippen LogP contribution in [0.3, 0.4) is 0 Å². The number of phenols is 1. The number of halogens is 1. The van der Waals surface area contributed by atoms with Crippen LogP contribution in [-0.2, 0) is 6.54 Å². The number of phenolic OH excluding ortho intramolecular Hbond substituents is 1. The van der Waals surface area contributed by atoms with E-state index in [0.717, 1.165) is 31.8 Å². The summed E-state index contributed by atoms with van der Waals surface area (Å²) in [6.45, 7) is 1.84. The van der Waals surface area contributed by atoms with Gasteiger partial charge in [-0.25, -0.2) is 0 Å². The van der Waals surface area contributed by atoms with E-state index in [4.69, 9.17) is 16.7 Å². The Labute approximate surface area is 89.9 Å². The summed E-state index contributed by atoms with van der Waals surface area (Å²) in [6, 6.07) is 7.25. The Morgan fingerprint density at radius 1 is 1.14 bits per heavy atom. The summed E-state index contributed by atoms with van der Waals surface area (Å²) >= 11 is 5.56. The normalized spacial score (nSPS) is 10.4. The van der Waals surface area contributed by atoms with Crippen LogP contribution in [0.4, 0.5) is 0 Å². The molecule has 0 aromatic heterocycles. The lowest BCUT2D eigenvalue weighted by Gasteiger charge is -2.03. The second kappa shape index (κ2) is 6.68. The second-order valence-electron chi connectivity index (χ2n) is 3.24. The first kappa shape index (κ1) is 11.3. The maximum atomic E-state index is 9.06. The van der Waals surface area contributed by atoms with Gasteiger partial charge < -0.3 is 10.4 Å². The minimum atomic E-state index is 0.316. The lowest BCUT2D eigenvalue weighted by atomic mass is 10.2.